The maximum atomic E-state index is 11.5. The Morgan fingerprint density at radius 1 is 1.15 bits per heavy atom. The van der Waals surface area contributed by atoms with Crippen molar-refractivity contribution in [2.45, 2.75) is 67.9 Å². The Morgan fingerprint density at radius 2 is 1.54 bits per heavy atom. The van der Waals surface area contributed by atoms with Gasteiger partial charge in [-0.1, -0.05) is 61.4 Å². The molecule has 26 heavy (non-hydrogen) atoms. The van der Waals surface area contributed by atoms with Gasteiger partial charge in [-0.05, 0) is 18.3 Å². The second-order valence-corrected chi connectivity index (χ2v) is 5.31. The van der Waals surface area contributed by atoms with Gasteiger partial charge >= 0.3 is 6.09 Å². The van der Waals surface area contributed by atoms with Crippen LogP contribution >= 0.6 is 0 Å². The van der Waals surface area contributed by atoms with Crippen LogP contribution in [0.3, 0.4) is 0 Å². The van der Waals surface area contributed by atoms with E-state index in [0.717, 1.165) is 19.4 Å². The molecule has 1 aliphatic rings. The van der Waals surface area contributed by atoms with Crippen molar-refractivity contribution in [2.24, 2.45) is 11.8 Å². The summed E-state index contributed by atoms with van der Waals surface area (Å²) in [6, 6.07) is -0.534. The molecule has 0 saturated carbocycles. The van der Waals surface area contributed by atoms with Gasteiger partial charge in [0.1, 0.15) is 6.54 Å². The molecule has 1 saturated heterocycles. The number of carbonyl (C=O) groups is 2. The van der Waals surface area contributed by atoms with E-state index < -0.39 is 12.1 Å². The zero-order valence-electron chi connectivity index (χ0n) is 17.9. The molecule has 2 atom stereocenters. The van der Waals surface area contributed by atoms with Crippen LogP contribution in [0.1, 0.15) is 61.8 Å². The summed E-state index contributed by atoms with van der Waals surface area (Å²) in [4.78, 5) is 33.6. The normalized spacial score (nSPS) is 16.5. The molecule has 0 aromatic carbocycles. The van der Waals surface area contributed by atoms with Crippen molar-refractivity contribution in [1.82, 2.24) is 10.2 Å². The molecule has 0 aromatic heterocycles. The molecule has 0 bridgehead atoms. The van der Waals surface area contributed by atoms with Crippen LogP contribution in [0.4, 0.5) is 4.79 Å². The molecule has 7 nitrogen and oxygen atoms in total. The molecule has 1 radical (unpaired) electrons. The minimum atomic E-state index is -1.25. The molecule has 1 aliphatic heterocycles. The van der Waals surface area contributed by atoms with Gasteiger partial charge in [-0.15, -0.1) is 0 Å². The second-order valence-electron chi connectivity index (χ2n) is 5.31. The molecule has 0 aromatic rings. The standard InChI is InChI=1S/C9H13N2O4.C4H10.2C2H6.CH4O.V/c1-6-2-3-11(7(6)5-12)8(13)4-10-9(14)15;1-4(2)3;3*1-2;/h6-7,10H,2-4H2,1H3,(H,14,15);4H,1-3H3;2*1-2H3;2H,1H3;/q-1;;;;;/t6-,7-;;;;;/m1...../s1. The van der Waals surface area contributed by atoms with Gasteiger partial charge in [0.05, 0.1) is 0 Å². The van der Waals surface area contributed by atoms with Gasteiger partial charge in [0.25, 0.3) is 0 Å². The first kappa shape index (κ1) is 36.0. The van der Waals surface area contributed by atoms with Gasteiger partial charge in [-0.3, -0.25) is 4.79 Å². The smallest absolute Gasteiger partial charge is 0.405 e. The largest absolute Gasteiger partial charge is 0.540 e. The summed E-state index contributed by atoms with van der Waals surface area (Å²) in [6.07, 6.45) is 1.31. The van der Waals surface area contributed by atoms with Crippen molar-refractivity contribution in [1.29, 1.82) is 0 Å². The first-order valence-corrected chi connectivity index (χ1v) is 8.88. The number of carbonyl (C=O) groups excluding carboxylic acids is 2. The van der Waals surface area contributed by atoms with Gasteiger partial charge < -0.3 is 25.2 Å². The average molecular weight is 414 g/mol. The summed E-state index contributed by atoms with van der Waals surface area (Å²) in [5, 5.41) is 17.3. The van der Waals surface area contributed by atoms with E-state index in [0.29, 0.717) is 6.54 Å². The molecule has 1 fully saturated rings. The van der Waals surface area contributed by atoms with Crippen LogP contribution in [0.25, 0.3) is 0 Å². The molecule has 2 amide bonds. The second kappa shape index (κ2) is 26.2. The van der Waals surface area contributed by atoms with E-state index in [4.69, 9.17) is 10.2 Å². The Bertz CT molecular complexity index is 326. The Labute approximate surface area is 171 Å². The summed E-state index contributed by atoms with van der Waals surface area (Å²) >= 11 is 0. The third-order valence-electron chi connectivity index (χ3n) is 2.53. The van der Waals surface area contributed by atoms with Gasteiger partial charge in [0.2, 0.25) is 5.91 Å². The van der Waals surface area contributed by atoms with Crippen LogP contribution in [-0.2, 0) is 28.1 Å². The van der Waals surface area contributed by atoms with E-state index >= 15 is 0 Å². The Kier molecular flexibility index (Phi) is 36.2. The Hall–Kier alpha value is -1.05. The topological polar surface area (TPSA) is 107 Å². The molecule has 0 aliphatic carbocycles. The number of aliphatic hydroxyl groups excluding tert-OH is 1. The van der Waals surface area contributed by atoms with Crippen molar-refractivity contribution >= 4 is 18.3 Å². The van der Waals surface area contributed by atoms with Gasteiger partial charge in [-0.25, -0.2) is 11.1 Å². The molecule has 8 heteroatoms. The number of aliphatic hydroxyl groups is 1. The minimum absolute atomic E-state index is 0. The predicted molar refractivity (Wildman–Crippen MR) is 102 cm³/mol. The molecule has 0 unspecified atom stereocenters. The number of likely N-dealkylation sites (tertiary alicyclic amines) is 1. The van der Waals surface area contributed by atoms with Crippen molar-refractivity contribution in [3.05, 3.63) is 0 Å². The van der Waals surface area contributed by atoms with Gasteiger partial charge in [-0.2, -0.15) is 0 Å². The number of amides is 2. The maximum Gasteiger partial charge on any atom is 0.405 e. The van der Waals surface area contributed by atoms with Crippen LogP contribution in [0.15, 0.2) is 0 Å². The first-order valence-electron chi connectivity index (χ1n) is 8.88. The van der Waals surface area contributed by atoms with Gasteiger partial charge in [0.15, 0.2) is 0 Å². The van der Waals surface area contributed by atoms with Crippen molar-refractivity contribution in [3.8, 4) is 0 Å². The predicted octanol–water partition coefficient (Wildman–Crippen LogP) is 2.92. The zero-order valence-corrected chi connectivity index (χ0v) is 19.3. The van der Waals surface area contributed by atoms with Crippen LogP contribution < -0.4 is 5.32 Å². The fraction of sp³-hybridized carbons (Fsp3) is 0.833. The number of nitrogens with zero attached hydrogens (tertiary/aromatic N) is 1. The number of hydrogen-bond acceptors (Lipinski definition) is 4. The van der Waals surface area contributed by atoms with Crippen molar-refractivity contribution < 1.29 is 43.2 Å². The molecule has 0 spiro atoms. The molecule has 1 rings (SSSR count). The molecule has 157 valence electrons. The number of carboxylic acid groups (broad SMARTS) is 1. The summed E-state index contributed by atoms with van der Waals surface area (Å²) in [5.41, 5.74) is 0. The maximum absolute atomic E-state index is 11.5. The summed E-state index contributed by atoms with van der Waals surface area (Å²) in [7, 11) is 1.00. The third kappa shape index (κ3) is 21.0. The molecule has 1 heterocycles. The third-order valence-corrected chi connectivity index (χ3v) is 2.53. The van der Waals surface area contributed by atoms with Crippen LogP contribution in [0.5, 0.6) is 0 Å². The van der Waals surface area contributed by atoms with E-state index in [-0.39, 0.29) is 36.9 Å². The Morgan fingerprint density at radius 3 is 1.85 bits per heavy atom. The van der Waals surface area contributed by atoms with E-state index in [2.05, 4.69) is 20.8 Å². The van der Waals surface area contributed by atoms with E-state index in [1.165, 1.54) is 4.90 Å². The van der Waals surface area contributed by atoms with Crippen molar-refractivity contribution in [3.63, 3.8) is 0 Å². The van der Waals surface area contributed by atoms with Crippen LogP contribution in [0.2, 0.25) is 0 Å². The minimum Gasteiger partial charge on any atom is -0.540 e. The monoisotopic (exact) mass is 414 g/mol. The summed E-state index contributed by atoms with van der Waals surface area (Å²) in [5.74, 6) is 0.548. The number of hydrogen-bond donors (Lipinski definition) is 3. The molecular weight excluding hydrogens is 375 g/mol. The summed E-state index contributed by atoms with van der Waals surface area (Å²) in [6.45, 7) is 16.6. The fourth-order valence-electron chi connectivity index (χ4n) is 1.66. The number of rotatable bonds is 3. The van der Waals surface area contributed by atoms with Crippen LogP contribution in [0, 0.1) is 11.8 Å². The number of nitrogens with one attached hydrogen (secondary N) is 1. The zero-order chi connectivity index (χ0) is 21.0. The molecular formula is C18H39N2O5V-. The molecule has 3 N–H and O–H groups in total. The summed E-state index contributed by atoms with van der Waals surface area (Å²) < 4.78 is 0. The van der Waals surface area contributed by atoms with E-state index in [9.17, 15) is 14.4 Å². The quantitative estimate of drug-likeness (QED) is 0.616. The van der Waals surface area contributed by atoms with E-state index in [1.807, 2.05) is 46.2 Å². The first-order chi connectivity index (χ1) is 11.8. The average Bonchev–Trinajstić information content (AvgIpc) is 2.98. The van der Waals surface area contributed by atoms with Crippen LogP contribution in [-0.4, -0.2) is 59.6 Å². The van der Waals surface area contributed by atoms with Crippen molar-refractivity contribution in [2.75, 3.05) is 20.2 Å². The van der Waals surface area contributed by atoms with Gasteiger partial charge in [0, 0.05) is 32.2 Å². The Balaban J connectivity index is -0.000000114. The van der Waals surface area contributed by atoms with E-state index in [1.54, 1.807) is 0 Å². The fourth-order valence-corrected chi connectivity index (χ4v) is 1.66. The SMILES string of the molecule is CC.CC.CC(C)C.CO.C[C@@H]1CCN(C(=O)CNC(=O)O)[C@@H]1[C-]=O.[V].